The van der Waals surface area contributed by atoms with E-state index in [2.05, 4.69) is 10.0 Å². The molecule has 0 radical (unpaired) electrons. The molecule has 2 rings (SSSR count). The van der Waals surface area contributed by atoms with Crippen molar-refractivity contribution in [3.05, 3.63) is 63.2 Å². The molecular formula is C18H18ClN3O7S. The lowest BCUT2D eigenvalue weighted by atomic mass is 10.2. The highest BCUT2D eigenvalue weighted by molar-refractivity contribution is 7.89. The van der Waals surface area contributed by atoms with E-state index in [1.54, 1.807) is 6.92 Å². The van der Waals surface area contributed by atoms with E-state index in [1.165, 1.54) is 43.3 Å². The van der Waals surface area contributed by atoms with E-state index in [1.807, 2.05) is 0 Å². The van der Waals surface area contributed by atoms with E-state index in [4.69, 9.17) is 16.3 Å². The summed E-state index contributed by atoms with van der Waals surface area (Å²) in [6.07, 6.45) is -1.21. The predicted molar refractivity (Wildman–Crippen MR) is 109 cm³/mol. The van der Waals surface area contributed by atoms with Gasteiger partial charge in [-0.25, -0.2) is 17.9 Å². The number of amides is 1. The highest BCUT2D eigenvalue weighted by Crippen LogP contribution is 2.26. The van der Waals surface area contributed by atoms with Crippen LogP contribution >= 0.6 is 11.6 Å². The average Bonchev–Trinajstić information content (AvgIpc) is 2.69. The van der Waals surface area contributed by atoms with Crippen LogP contribution in [-0.2, 0) is 19.6 Å². The van der Waals surface area contributed by atoms with Crippen LogP contribution in [0.2, 0.25) is 5.02 Å². The van der Waals surface area contributed by atoms with Crippen LogP contribution in [-0.4, -0.2) is 37.9 Å². The van der Waals surface area contributed by atoms with Crippen LogP contribution in [0.5, 0.6) is 0 Å². The second-order valence-corrected chi connectivity index (χ2v) is 8.16. The zero-order valence-corrected chi connectivity index (χ0v) is 17.5. The molecule has 30 heavy (non-hydrogen) atoms. The summed E-state index contributed by atoms with van der Waals surface area (Å²) in [6, 6.07) is 8.54. The number of ether oxygens (including phenoxy) is 1. The number of nitrogens with zero attached hydrogens (tertiary/aromatic N) is 1. The van der Waals surface area contributed by atoms with Crippen LogP contribution in [0.15, 0.2) is 47.4 Å². The number of hydrogen-bond acceptors (Lipinski definition) is 7. The normalized spacial score (nSPS) is 12.1. The molecule has 0 aliphatic heterocycles. The Bertz CT molecular complexity index is 1070. The van der Waals surface area contributed by atoms with Crippen molar-refractivity contribution in [1.29, 1.82) is 0 Å². The average molecular weight is 456 g/mol. The summed E-state index contributed by atoms with van der Waals surface area (Å²) < 4.78 is 31.2. The first kappa shape index (κ1) is 23.3. The number of halogens is 1. The van der Waals surface area contributed by atoms with Gasteiger partial charge in [0.2, 0.25) is 10.0 Å². The Labute approximate surface area is 177 Å². The Hall–Kier alpha value is -3.02. The van der Waals surface area contributed by atoms with Crippen LogP contribution in [0.3, 0.4) is 0 Å². The number of carbonyl (C=O) groups excluding carboxylic acids is 2. The molecule has 0 saturated heterocycles. The van der Waals surface area contributed by atoms with E-state index >= 15 is 0 Å². The predicted octanol–water partition coefficient (Wildman–Crippen LogP) is 2.73. The number of rotatable bonds is 8. The van der Waals surface area contributed by atoms with E-state index in [9.17, 15) is 28.1 Å². The third-order valence-corrected chi connectivity index (χ3v) is 5.68. The van der Waals surface area contributed by atoms with Gasteiger partial charge in [-0.05, 0) is 37.3 Å². The maximum atomic E-state index is 12.2. The molecule has 0 spiro atoms. The minimum absolute atomic E-state index is 0.0143. The summed E-state index contributed by atoms with van der Waals surface area (Å²) in [6.45, 7) is 3.19. The molecule has 0 aliphatic carbocycles. The molecule has 0 saturated carbocycles. The highest BCUT2D eigenvalue weighted by atomic mass is 35.5. The summed E-state index contributed by atoms with van der Waals surface area (Å²) in [5, 5.41) is 13.1. The third kappa shape index (κ3) is 5.75. The van der Waals surface area contributed by atoms with Crippen LogP contribution in [0, 0.1) is 10.1 Å². The fourth-order valence-corrected chi connectivity index (χ4v) is 3.54. The Morgan fingerprint density at radius 3 is 2.37 bits per heavy atom. The lowest BCUT2D eigenvalue weighted by molar-refractivity contribution is -0.384. The van der Waals surface area contributed by atoms with Crippen LogP contribution in [0.25, 0.3) is 0 Å². The van der Waals surface area contributed by atoms with Crippen LogP contribution < -0.4 is 10.0 Å². The zero-order chi connectivity index (χ0) is 22.5. The maximum absolute atomic E-state index is 12.2. The fraction of sp³-hybridized carbons (Fsp3) is 0.222. The number of sulfonamides is 1. The highest BCUT2D eigenvalue weighted by Gasteiger charge is 2.21. The minimum atomic E-state index is -3.66. The molecule has 160 valence electrons. The smallest absolute Gasteiger partial charge is 0.338 e. The number of carbonyl (C=O) groups is 2. The van der Waals surface area contributed by atoms with Crippen molar-refractivity contribution >= 4 is 44.9 Å². The van der Waals surface area contributed by atoms with Crippen molar-refractivity contribution < 1.29 is 27.7 Å². The third-order valence-electron chi connectivity index (χ3n) is 3.81. The fourth-order valence-electron chi connectivity index (χ4n) is 2.28. The molecule has 0 aromatic heterocycles. The first-order chi connectivity index (χ1) is 14.0. The Morgan fingerprint density at radius 2 is 1.83 bits per heavy atom. The standard InChI is InChI=1S/C18H18ClN3O7S/c1-3-20-30(27,28)14-7-4-12(5-8-14)18(24)29-11(2)17(23)21-16-9-6-13(22(25)26)10-15(16)19/h4-11,20H,3H2,1-2H3,(H,21,23). The summed E-state index contributed by atoms with van der Waals surface area (Å²) in [5.74, 6) is -1.54. The zero-order valence-electron chi connectivity index (χ0n) is 15.9. The number of nitro groups is 1. The molecule has 1 amide bonds. The molecule has 2 aromatic rings. The number of hydrogen-bond donors (Lipinski definition) is 2. The molecule has 1 atom stereocenters. The second-order valence-electron chi connectivity index (χ2n) is 5.98. The number of non-ortho nitro benzene ring substituents is 1. The van der Waals surface area contributed by atoms with Gasteiger partial charge in [0.1, 0.15) is 0 Å². The molecule has 0 fully saturated rings. The number of nitro benzene ring substituents is 1. The van der Waals surface area contributed by atoms with Crippen molar-refractivity contribution in [2.75, 3.05) is 11.9 Å². The molecule has 2 aromatic carbocycles. The molecular weight excluding hydrogens is 438 g/mol. The molecule has 12 heteroatoms. The molecule has 1 unspecified atom stereocenters. The molecule has 0 bridgehead atoms. The van der Waals surface area contributed by atoms with Gasteiger partial charge in [0.05, 0.1) is 26.1 Å². The Morgan fingerprint density at radius 1 is 1.20 bits per heavy atom. The van der Waals surface area contributed by atoms with Crippen molar-refractivity contribution in [2.24, 2.45) is 0 Å². The van der Waals surface area contributed by atoms with Gasteiger partial charge < -0.3 is 10.1 Å². The summed E-state index contributed by atoms with van der Waals surface area (Å²) in [7, 11) is -3.66. The number of esters is 1. The quantitative estimate of drug-likeness (QED) is 0.353. The number of anilines is 1. The van der Waals surface area contributed by atoms with Gasteiger partial charge in [-0.15, -0.1) is 0 Å². The first-order valence-electron chi connectivity index (χ1n) is 8.60. The Kier molecular flexibility index (Phi) is 7.48. The Balaban J connectivity index is 2.03. The lowest BCUT2D eigenvalue weighted by Gasteiger charge is -2.14. The van der Waals surface area contributed by atoms with Crippen molar-refractivity contribution in [2.45, 2.75) is 24.8 Å². The molecule has 10 nitrogen and oxygen atoms in total. The summed E-state index contributed by atoms with van der Waals surface area (Å²) in [4.78, 5) is 34.5. The van der Waals surface area contributed by atoms with E-state index < -0.39 is 32.9 Å². The molecule has 0 aliphatic rings. The van der Waals surface area contributed by atoms with Gasteiger partial charge in [0.15, 0.2) is 6.10 Å². The SMILES string of the molecule is CCNS(=O)(=O)c1ccc(C(=O)OC(C)C(=O)Nc2ccc([N+](=O)[O-])cc2Cl)cc1. The topological polar surface area (TPSA) is 145 Å². The molecule has 0 heterocycles. The van der Waals surface area contributed by atoms with Crippen LogP contribution in [0.1, 0.15) is 24.2 Å². The first-order valence-corrected chi connectivity index (χ1v) is 10.5. The minimum Gasteiger partial charge on any atom is -0.449 e. The van der Waals surface area contributed by atoms with Gasteiger partial charge in [-0.2, -0.15) is 0 Å². The van der Waals surface area contributed by atoms with Crippen LogP contribution in [0.4, 0.5) is 11.4 Å². The van der Waals surface area contributed by atoms with E-state index in [0.29, 0.717) is 0 Å². The van der Waals surface area contributed by atoms with Gasteiger partial charge in [0.25, 0.3) is 11.6 Å². The number of nitrogens with one attached hydrogen (secondary N) is 2. The van der Waals surface area contributed by atoms with Crippen molar-refractivity contribution in [3.8, 4) is 0 Å². The van der Waals surface area contributed by atoms with E-state index in [0.717, 1.165) is 6.07 Å². The summed E-state index contributed by atoms with van der Waals surface area (Å²) >= 11 is 5.92. The van der Waals surface area contributed by atoms with Gasteiger partial charge in [0, 0.05) is 18.7 Å². The summed E-state index contributed by atoms with van der Waals surface area (Å²) in [5.41, 5.74) is -0.0660. The van der Waals surface area contributed by atoms with E-state index in [-0.39, 0.29) is 33.4 Å². The van der Waals surface area contributed by atoms with Crippen molar-refractivity contribution in [3.63, 3.8) is 0 Å². The number of benzene rings is 2. The van der Waals surface area contributed by atoms with Gasteiger partial charge >= 0.3 is 5.97 Å². The molecule has 2 N–H and O–H groups in total. The lowest BCUT2D eigenvalue weighted by Crippen LogP contribution is -2.30. The monoisotopic (exact) mass is 455 g/mol. The maximum Gasteiger partial charge on any atom is 0.338 e. The largest absolute Gasteiger partial charge is 0.449 e. The van der Waals surface area contributed by atoms with Crippen molar-refractivity contribution in [1.82, 2.24) is 4.72 Å². The van der Waals surface area contributed by atoms with Gasteiger partial charge in [-0.1, -0.05) is 18.5 Å². The second kappa shape index (κ2) is 9.65. The van der Waals surface area contributed by atoms with Gasteiger partial charge in [-0.3, -0.25) is 14.9 Å².